The minimum atomic E-state index is -0.115. The zero-order chi connectivity index (χ0) is 13.7. The number of imidazole rings is 1. The van der Waals surface area contributed by atoms with Crippen LogP contribution < -0.4 is 5.32 Å². The van der Waals surface area contributed by atoms with Crippen molar-refractivity contribution in [2.45, 2.75) is 19.9 Å². The number of pyridine rings is 1. The second-order valence-electron chi connectivity index (χ2n) is 3.98. The maximum atomic E-state index is 12.0. The average Bonchev–Trinajstić information content (AvgIpc) is 2.81. The van der Waals surface area contributed by atoms with Crippen molar-refractivity contribution >= 4 is 21.8 Å². The third kappa shape index (κ3) is 3.41. The van der Waals surface area contributed by atoms with E-state index >= 15 is 0 Å². The number of nitrogens with zero attached hydrogens (tertiary/aromatic N) is 3. The van der Waals surface area contributed by atoms with Crippen molar-refractivity contribution in [1.82, 2.24) is 19.9 Å². The van der Waals surface area contributed by atoms with Gasteiger partial charge in [0.25, 0.3) is 5.91 Å². The van der Waals surface area contributed by atoms with Gasteiger partial charge in [0.15, 0.2) is 4.73 Å². The standard InChI is InChI=1S/C13H15BrN4O/c1-2-18-11(9-17-13(18)14)12(19)16-8-6-10-5-3-4-7-15-10/h3-5,7,9H,2,6,8H2,1H3,(H,16,19). The van der Waals surface area contributed by atoms with Crippen LogP contribution in [-0.2, 0) is 13.0 Å². The van der Waals surface area contributed by atoms with Crippen LogP contribution in [0.5, 0.6) is 0 Å². The van der Waals surface area contributed by atoms with Crippen molar-refractivity contribution in [2.75, 3.05) is 6.54 Å². The van der Waals surface area contributed by atoms with Crippen LogP contribution in [0.25, 0.3) is 0 Å². The third-order valence-corrected chi connectivity index (χ3v) is 3.38. The third-order valence-electron chi connectivity index (χ3n) is 2.75. The maximum Gasteiger partial charge on any atom is 0.269 e. The molecule has 0 bridgehead atoms. The molecule has 6 heteroatoms. The van der Waals surface area contributed by atoms with E-state index in [4.69, 9.17) is 0 Å². The number of rotatable bonds is 5. The molecule has 19 heavy (non-hydrogen) atoms. The Morgan fingerprint density at radius 2 is 2.26 bits per heavy atom. The fraction of sp³-hybridized carbons (Fsp3) is 0.308. The van der Waals surface area contributed by atoms with Gasteiger partial charge in [0, 0.05) is 31.4 Å². The number of nitrogens with one attached hydrogen (secondary N) is 1. The molecule has 0 aromatic carbocycles. The highest BCUT2D eigenvalue weighted by Crippen LogP contribution is 2.11. The largest absolute Gasteiger partial charge is 0.350 e. The minimum absolute atomic E-state index is 0.115. The molecule has 0 aliphatic rings. The van der Waals surface area contributed by atoms with E-state index in [1.807, 2.05) is 29.7 Å². The Morgan fingerprint density at radius 3 is 2.95 bits per heavy atom. The summed E-state index contributed by atoms with van der Waals surface area (Å²) in [5.41, 5.74) is 1.53. The van der Waals surface area contributed by atoms with Gasteiger partial charge in [0.05, 0.1) is 6.20 Å². The zero-order valence-electron chi connectivity index (χ0n) is 10.6. The van der Waals surface area contributed by atoms with Crippen LogP contribution in [0.2, 0.25) is 0 Å². The fourth-order valence-electron chi connectivity index (χ4n) is 1.78. The summed E-state index contributed by atoms with van der Waals surface area (Å²) in [4.78, 5) is 20.3. The molecule has 0 atom stereocenters. The average molecular weight is 323 g/mol. The van der Waals surface area contributed by atoms with E-state index in [1.54, 1.807) is 12.4 Å². The molecule has 0 unspecified atom stereocenters. The van der Waals surface area contributed by atoms with Gasteiger partial charge >= 0.3 is 0 Å². The summed E-state index contributed by atoms with van der Waals surface area (Å²) in [5.74, 6) is -0.115. The van der Waals surface area contributed by atoms with E-state index in [2.05, 4.69) is 31.2 Å². The Labute approximate surface area is 120 Å². The Bertz CT molecular complexity index is 553. The van der Waals surface area contributed by atoms with E-state index < -0.39 is 0 Å². The number of carbonyl (C=O) groups excluding carboxylic acids is 1. The van der Waals surface area contributed by atoms with Gasteiger partial charge in [-0.1, -0.05) is 6.07 Å². The molecule has 0 aliphatic carbocycles. The quantitative estimate of drug-likeness (QED) is 0.916. The van der Waals surface area contributed by atoms with Gasteiger partial charge in [-0.3, -0.25) is 9.78 Å². The molecule has 0 saturated heterocycles. The SMILES string of the molecule is CCn1c(C(=O)NCCc2ccccn2)cnc1Br. The molecular weight excluding hydrogens is 308 g/mol. The first kappa shape index (κ1) is 13.7. The van der Waals surface area contributed by atoms with E-state index in [-0.39, 0.29) is 5.91 Å². The lowest BCUT2D eigenvalue weighted by Gasteiger charge is -2.07. The fourth-order valence-corrected chi connectivity index (χ4v) is 2.32. The van der Waals surface area contributed by atoms with Crippen molar-refractivity contribution in [3.8, 4) is 0 Å². The Morgan fingerprint density at radius 1 is 1.42 bits per heavy atom. The lowest BCUT2D eigenvalue weighted by molar-refractivity contribution is 0.0944. The van der Waals surface area contributed by atoms with Crippen LogP contribution >= 0.6 is 15.9 Å². The maximum absolute atomic E-state index is 12.0. The molecule has 0 fully saturated rings. The Hall–Kier alpha value is -1.69. The monoisotopic (exact) mass is 322 g/mol. The summed E-state index contributed by atoms with van der Waals surface area (Å²) in [6.45, 7) is 3.23. The molecule has 5 nitrogen and oxygen atoms in total. The van der Waals surface area contributed by atoms with E-state index in [9.17, 15) is 4.79 Å². The number of carbonyl (C=O) groups is 1. The smallest absolute Gasteiger partial charge is 0.269 e. The minimum Gasteiger partial charge on any atom is -0.350 e. The predicted molar refractivity (Wildman–Crippen MR) is 75.9 cm³/mol. The molecule has 2 aromatic rings. The topological polar surface area (TPSA) is 59.8 Å². The molecule has 0 radical (unpaired) electrons. The number of hydrogen-bond donors (Lipinski definition) is 1. The Kier molecular flexibility index (Phi) is 4.68. The normalized spacial score (nSPS) is 10.4. The van der Waals surface area contributed by atoms with E-state index in [1.165, 1.54) is 0 Å². The molecular formula is C13H15BrN4O. The first-order chi connectivity index (χ1) is 9.22. The van der Waals surface area contributed by atoms with Crippen molar-refractivity contribution in [1.29, 1.82) is 0 Å². The van der Waals surface area contributed by atoms with Gasteiger partial charge in [0.1, 0.15) is 5.69 Å². The second-order valence-corrected chi connectivity index (χ2v) is 4.69. The Balaban J connectivity index is 1.91. The summed E-state index contributed by atoms with van der Waals surface area (Å²) in [6.07, 6.45) is 4.04. The van der Waals surface area contributed by atoms with Crippen LogP contribution in [0, 0.1) is 0 Å². The highest BCUT2D eigenvalue weighted by Gasteiger charge is 2.13. The first-order valence-electron chi connectivity index (χ1n) is 6.11. The summed E-state index contributed by atoms with van der Waals surface area (Å²) >= 11 is 3.31. The molecule has 1 amide bonds. The van der Waals surface area contributed by atoms with Gasteiger partial charge in [-0.2, -0.15) is 0 Å². The molecule has 0 spiro atoms. The van der Waals surface area contributed by atoms with Crippen molar-refractivity contribution in [2.24, 2.45) is 0 Å². The lowest BCUT2D eigenvalue weighted by Crippen LogP contribution is -2.28. The van der Waals surface area contributed by atoms with Gasteiger partial charge in [-0.25, -0.2) is 4.98 Å². The molecule has 2 rings (SSSR count). The van der Waals surface area contributed by atoms with E-state index in [0.29, 0.717) is 29.9 Å². The molecule has 0 saturated carbocycles. The molecule has 2 aromatic heterocycles. The van der Waals surface area contributed by atoms with Crippen LogP contribution in [0.15, 0.2) is 35.3 Å². The number of halogens is 1. The van der Waals surface area contributed by atoms with E-state index in [0.717, 1.165) is 5.69 Å². The highest BCUT2D eigenvalue weighted by molar-refractivity contribution is 9.10. The van der Waals surface area contributed by atoms with Crippen molar-refractivity contribution in [3.63, 3.8) is 0 Å². The summed E-state index contributed by atoms with van der Waals surface area (Å²) in [6, 6.07) is 5.76. The van der Waals surface area contributed by atoms with Crippen LogP contribution in [0.1, 0.15) is 23.1 Å². The molecule has 100 valence electrons. The summed E-state index contributed by atoms with van der Waals surface area (Å²) in [5, 5.41) is 2.87. The number of amides is 1. The second kappa shape index (κ2) is 6.47. The van der Waals surface area contributed by atoms with Crippen molar-refractivity contribution < 1.29 is 4.79 Å². The van der Waals surface area contributed by atoms with Crippen LogP contribution in [0.3, 0.4) is 0 Å². The summed E-state index contributed by atoms with van der Waals surface area (Å²) in [7, 11) is 0. The van der Waals surface area contributed by atoms with Gasteiger partial charge < -0.3 is 9.88 Å². The van der Waals surface area contributed by atoms with Gasteiger partial charge in [-0.15, -0.1) is 0 Å². The highest BCUT2D eigenvalue weighted by atomic mass is 79.9. The number of hydrogen-bond acceptors (Lipinski definition) is 3. The molecule has 2 heterocycles. The summed E-state index contributed by atoms with van der Waals surface area (Å²) < 4.78 is 2.49. The molecule has 1 N–H and O–H groups in total. The van der Waals surface area contributed by atoms with Crippen LogP contribution in [0.4, 0.5) is 0 Å². The lowest BCUT2D eigenvalue weighted by atomic mass is 10.2. The van der Waals surface area contributed by atoms with Gasteiger partial charge in [0.2, 0.25) is 0 Å². The predicted octanol–water partition coefficient (Wildman–Crippen LogP) is 2.03. The number of aromatic nitrogens is 3. The van der Waals surface area contributed by atoms with Gasteiger partial charge in [-0.05, 0) is 35.0 Å². The zero-order valence-corrected chi connectivity index (χ0v) is 12.2. The first-order valence-corrected chi connectivity index (χ1v) is 6.90. The van der Waals surface area contributed by atoms with Crippen LogP contribution in [-0.4, -0.2) is 27.0 Å². The van der Waals surface area contributed by atoms with Crippen molar-refractivity contribution in [3.05, 3.63) is 46.7 Å². The molecule has 0 aliphatic heterocycles.